The Kier molecular flexibility index (Phi) is 5.47. The Labute approximate surface area is 125 Å². The normalized spacial score (nSPS) is 11.5. The summed E-state index contributed by atoms with van der Waals surface area (Å²) in [4.78, 5) is 0. The molecule has 0 radical (unpaired) electrons. The molecule has 0 heterocycles. The standard InChI is InChI=1S/C16H20BS2/c1-18-13-17(14-19-2,15-9-5-3-6-10-15)16-11-7-4-8-12-16/h3-12H,13-14H2,1-2H3/q-1. The van der Waals surface area contributed by atoms with Gasteiger partial charge in [-0.05, 0) is 12.5 Å². The SMILES string of the molecule is CSC[B-](CSC)(c1ccccc1)c1ccccc1. The van der Waals surface area contributed by atoms with E-state index < -0.39 is 6.15 Å². The highest BCUT2D eigenvalue weighted by Crippen LogP contribution is 2.16. The van der Waals surface area contributed by atoms with Crippen LogP contribution in [0.5, 0.6) is 0 Å². The quantitative estimate of drug-likeness (QED) is 0.749. The maximum Gasteiger partial charge on any atom is 0.0744 e. The molecule has 0 atom stereocenters. The molecule has 0 saturated heterocycles. The molecule has 0 aliphatic rings. The van der Waals surface area contributed by atoms with E-state index in [1.165, 1.54) is 22.2 Å². The first-order valence-corrected chi connectivity index (χ1v) is 9.40. The van der Waals surface area contributed by atoms with E-state index in [1.54, 1.807) is 0 Å². The van der Waals surface area contributed by atoms with E-state index in [-0.39, 0.29) is 0 Å². The molecule has 0 aliphatic carbocycles. The van der Waals surface area contributed by atoms with E-state index in [0.717, 1.165) is 0 Å². The minimum absolute atomic E-state index is 0.668. The molecule has 0 bridgehead atoms. The largest absolute Gasteiger partial charge is 0.203 e. The molecule has 0 N–H and O–H groups in total. The van der Waals surface area contributed by atoms with Crippen molar-refractivity contribution in [1.29, 1.82) is 0 Å². The van der Waals surface area contributed by atoms with Crippen LogP contribution >= 0.6 is 23.5 Å². The average molecular weight is 287 g/mol. The van der Waals surface area contributed by atoms with Crippen LogP contribution in [0.25, 0.3) is 0 Å². The molecule has 0 saturated carbocycles. The van der Waals surface area contributed by atoms with Gasteiger partial charge in [-0.1, -0.05) is 60.7 Å². The van der Waals surface area contributed by atoms with Gasteiger partial charge in [0.25, 0.3) is 0 Å². The highest BCUT2D eigenvalue weighted by molar-refractivity contribution is 8.03. The summed E-state index contributed by atoms with van der Waals surface area (Å²) < 4.78 is 0. The minimum atomic E-state index is -0.668. The summed E-state index contributed by atoms with van der Waals surface area (Å²) in [5.74, 6) is 0. The van der Waals surface area contributed by atoms with Crippen molar-refractivity contribution in [3.63, 3.8) is 0 Å². The molecule has 100 valence electrons. The molecule has 0 amide bonds. The molecule has 2 aromatic carbocycles. The van der Waals surface area contributed by atoms with Gasteiger partial charge in [-0.15, -0.1) is 11.3 Å². The van der Waals surface area contributed by atoms with Crippen molar-refractivity contribution in [3.8, 4) is 0 Å². The van der Waals surface area contributed by atoms with E-state index in [2.05, 4.69) is 73.2 Å². The third kappa shape index (κ3) is 3.21. The van der Waals surface area contributed by atoms with Crippen molar-refractivity contribution in [2.24, 2.45) is 0 Å². The van der Waals surface area contributed by atoms with Crippen LogP contribution in [0.2, 0.25) is 0 Å². The fourth-order valence-electron chi connectivity index (χ4n) is 2.84. The molecule has 0 aliphatic heterocycles. The first-order valence-electron chi connectivity index (χ1n) is 6.61. The van der Waals surface area contributed by atoms with Gasteiger partial charge in [0, 0.05) is 0 Å². The lowest BCUT2D eigenvalue weighted by Crippen LogP contribution is -2.63. The maximum absolute atomic E-state index is 2.29. The molecule has 2 rings (SSSR count). The molecule has 0 unspecified atom stereocenters. The molecule has 2 aromatic rings. The minimum Gasteiger partial charge on any atom is -0.203 e. The van der Waals surface area contributed by atoms with Crippen LogP contribution in [-0.2, 0) is 0 Å². The third-order valence-electron chi connectivity index (χ3n) is 3.78. The Morgan fingerprint density at radius 2 is 1.05 bits per heavy atom. The van der Waals surface area contributed by atoms with Crippen molar-refractivity contribution in [2.45, 2.75) is 0 Å². The van der Waals surface area contributed by atoms with E-state index in [4.69, 9.17) is 0 Å². The Morgan fingerprint density at radius 3 is 1.37 bits per heavy atom. The molecule has 0 aromatic heterocycles. The van der Waals surface area contributed by atoms with Crippen molar-refractivity contribution in [2.75, 3.05) is 23.8 Å². The van der Waals surface area contributed by atoms with Crippen LogP contribution in [0.1, 0.15) is 0 Å². The van der Waals surface area contributed by atoms with Crippen molar-refractivity contribution in [1.82, 2.24) is 0 Å². The van der Waals surface area contributed by atoms with E-state index in [1.807, 2.05) is 23.5 Å². The van der Waals surface area contributed by atoms with Gasteiger partial charge in [-0.3, -0.25) is 0 Å². The summed E-state index contributed by atoms with van der Waals surface area (Å²) in [6.45, 7) is 0. The number of benzene rings is 2. The van der Waals surface area contributed by atoms with Gasteiger partial charge in [-0.25, -0.2) is 34.4 Å². The third-order valence-corrected chi connectivity index (χ3v) is 5.58. The van der Waals surface area contributed by atoms with Crippen molar-refractivity contribution < 1.29 is 0 Å². The van der Waals surface area contributed by atoms with Crippen LogP contribution in [-0.4, -0.2) is 30.0 Å². The first-order chi connectivity index (χ1) is 9.33. The van der Waals surface area contributed by atoms with Gasteiger partial charge in [0.05, 0.1) is 6.15 Å². The van der Waals surface area contributed by atoms with Crippen LogP contribution in [0, 0.1) is 0 Å². The zero-order valence-electron chi connectivity index (χ0n) is 11.6. The first kappa shape index (κ1) is 14.6. The van der Waals surface area contributed by atoms with E-state index in [9.17, 15) is 0 Å². The molecule has 19 heavy (non-hydrogen) atoms. The van der Waals surface area contributed by atoms with Crippen LogP contribution in [0.3, 0.4) is 0 Å². The molecule has 0 spiro atoms. The summed E-state index contributed by atoms with van der Waals surface area (Å²) in [7, 11) is 0. The highest BCUT2D eigenvalue weighted by Gasteiger charge is 2.26. The Balaban J connectivity index is 2.54. The molecule has 0 fully saturated rings. The Hall–Kier alpha value is -0.795. The molecular weight excluding hydrogens is 267 g/mol. The average Bonchev–Trinajstić information content (AvgIpc) is 2.49. The van der Waals surface area contributed by atoms with Gasteiger partial charge in [0.2, 0.25) is 0 Å². The predicted molar refractivity (Wildman–Crippen MR) is 94.7 cm³/mol. The second-order valence-corrected chi connectivity index (χ2v) is 6.80. The Bertz CT molecular complexity index is 437. The summed E-state index contributed by atoms with van der Waals surface area (Å²) in [5, 5.41) is 0. The lowest BCUT2D eigenvalue weighted by atomic mass is 9.21. The summed E-state index contributed by atoms with van der Waals surface area (Å²) in [6.07, 6.45) is 3.75. The molecular formula is C16H20BS2-. The lowest BCUT2D eigenvalue weighted by Gasteiger charge is -2.41. The van der Waals surface area contributed by atoms with E-state index >= 15 is 0 Å². The van der Waals surface area contributed by atoms with Crippen molar-refractivity contribution in [3.05, 3.63) is 60.7 Å². The number of rotatable bonds is 6. The summed E-state index contributed by atoms with van der Waals surface area (Å²) in [5.41, 5.74) is 5.32. The monoisotopic (exact) mass is 287 g/mol. The second-order valence-electron chi connectivity index (χ2n) is 4.98. The summed E-state index contributed by atoms with van der Waals surface area (Å²) in [6, 6.07) is 22.0. The number of thioether (sulfide) groups is 2. The highest BCUT2D eigenvalue weighted by atomic mass is 32.2. The number of hydrogen-bond donors (Lipinski definition) is 0. The maximum atomic E-state index is 2.29. The van der Waals surface area contributed by atoms with Gasteiger partial charge >= 0.3 is 0 Å². The van der Waals surface area contributed by atoms with Gasteiger partial charge in [0.1, 0.15) is 0 Å². The van der Waals surface area contributed by atoms with Crippen molar-refractivity contribution >= 4 is 40.6 Å². The van der Waals surface area contributed by atoms with Gasteiger partial charge < -0.3 is 0 Å². The van der Waals surface area contributed by atoms with E-state index in [0.29, 0.717) is 0 Å². The molecule has 0 nitrogen and oxygen atoms in total. The zero-order valence-corrected chi connectivity index (χ0v) is 13.2. The predicted octanol–water partition coefficient (Wildman–Crippen LogP) is 3.05. The van der Waals surface area contributed by atoms with Crippen LogP contribution < -0.4 is 10.9 Å². The van der Waals surface area contributed by atoms with Gasteiger partial charge in [0.15, 0.2) is 0 Å². The fourth-order valence-corrected chi connectivity index (χ4v) is 5.13. The Morgan fingerprint density at radius 1 is 0.684 bits per heavy atom. The van der Waals surface area contributed by atoms with Crippen LogP contribution in [0.4, 0.5) is 0 Å². The second kappa shape index (κ2) is 7.11. The van der Waals surface area contributed by atoms with Gasteiger partial charge in [-0.2, -0.15) is 0 Å². The number of hydrogen-bond acceptors (Lipinski definition) is 2. The van der Waals surface area contributed by atoms with Crippen LogP contribution in [0.15, 0.2) is 60.7 Å². The summed E-state index contributed by atoms with van der Waals surface area (Å²) >= 11 is 3.91. The lowest BCUT2D eigenvalue weighted by molar-refractivity contribution is 1.65. The smallest absolute Gasteiger partial charge is 0.0744 e. The topological polar surface area (TPSA) is 0 Å². The molecule has 3 heteroatoms. The zero-order chi connectivity index (χ0) is 13.6. The fraction of sp³-hybridized carbons (Fsp3) is 0.250.